The molecule has 0 saturated carbocycles. The molecule has 1 aromatic heterocycles. The van der Waals surface area contributed by atoms with Gasteiger partial charge < -0.3 is 9.42 Å². The molecule has 24 heavy (non-hydrogen) atoms. The van der Waals surface area contributed by atoms with Crippen molar-refractivity contribution in [1.82, 2.24) is 15.0 Å². The molecular weight excluding hydrogens is 324 g/mol. The van der Waals surface area contributed by atoms with E-state index in [0.717, 1.165) is 11.4 Å². The number of piperazine rings is 1. The third-order valence-electron chi connectivity index (χ3n) is 4.18. The van der Waals surface area contributed by atoms with Crippen LogP contribution in [0.1, 0.15) is 24.2 Å². The highest BCUT2D eigenvalue weighted by Gasteiger charge is 2.31. The van der Waals surface area contributed by atoms with Crippen molar-refractivity contribution in [2.24, 2.45) is 0 Å². The lowest BCUT2D eigenvalue weighted by Crippen LogP contribution is -2.54. The Hall–Kier alpha value is -1.86. The second-order valence-electron chi connectivity index (χ2n) is 6.13. The largest absolute Gasteiger partial charge is 0.338 e. The maximum atomic E-state index is 12.5. The molecule has 0 N–H and O–H groups in total. The molecule has 1 saturated heterocycles. The van der Waals surface area contributed by atoms with Crippen LogP contribution in [0.2, 0.25) is 0 Å². The standard InChI is InChI=1S/C17H22N4O2S/c1-12-4-6-14(7-5-12)21-8-13(2)20(10-17(21)22)9-16-18-15(11-24-3)19-23-16/h4-7,13H,8-11H2,1-3H3/t13-/m1/s1. The van der Waals surface area contributed by atoms with Crippen molar-refractivity contribution >= 4 is 23.4 Å². The molecule has 0 unspecified atom stereocenters. The molecule has 7 heteroatoms. The fourth-order valence-electron chi connectivity index (χ4n) is 2.80. The van der Waals surface area contributed by atoms with Crippen molar-refractivity contribution < 1.29 is 9.32 Å². The van der Waals surface area contributed by atoms with E-state index in [-0.39, 0.29) is 11.9 Å². The summed E-state index contributed by atoms with van der Waals surface area (Å²) in [6.45, 7) is 5.69. The molecule has 6 nitrogen and oxygen atoms in total. The maximum absolute atomic E-state index is 12.5. The van der Waals surface area contributed by atoms with Gasteiger partial charge in [-0.2, -0.15) is 16.7 Å². The Morgan fingerprint density at radius 1 is 1.33 bits per heavy atom. The van der Waals surface area contributed by atoms with Crippen LogP contribution in [0.25, 0.3) is 0 Å². The number of hydrogen-bond donors (Lipinski definition) is 0. The number of aryl methyl sites for hydroxylation is 1. The molecule has 1 aliphatic heterocycles. The summed E-state index contributed by atoms with van der Waals surface area (Å²) < 4.78 is 5.29. The van der Waals surface area contributed by atoms with E-state index in [1.807, 2.05) is 42.3 Å². The van der Waals surface area contributed by atoms with Gasteiger partial charge in [0.15, 0.2) is 5.82 Å². The number of anilines is 1. The van der Waals surface area contributed by atoms with Crippen molar-refractivity contribution in [2.45, 2.75) is 32.2 Å². The van der Waals surface area contributed by atoms with Gasteiger partial charge >= 0.3 is 0 Å². The summed E-state index contributed by atoms with van der Waals surface area (Å²) in [5.41, 5.74) is 2.15. The molecule has 3 rings (SSSR count). The Morgan fingerprint density at radius 3 is 2.79 bits per heavy atom. The number of aromatic nitrogens is 2. The van der Waals surface area contributed by atoms with Crippen LogP contribution in [0.15, 0.2) is 28.8 Å². The van der Waals surface area contributed by atoms with Crippen LogP contribution in [0, 0.1) is 6.92 Å². The average molecular weight is 346 g/mol. The van der Waals surface area contributed by atoms with Gasteiger partial charge in [0.2, 0.25) is 11.8 Å². The van der Waals surface area contributed by atoms with Crippen LogP contribution < -0.4 is 4.90 Å². The summed E-state index contributed by atoms with van der Waals surface area (Å²) >= 11 is 1.65. The van der Waals surface area contributed by atoms with Crippen molar-refractivity contribution in [2.75, 3.05) is 24.2 Å². The third kappa shape index (κ3) is 3.79. The Labute approximate surface area is 146 Å². The average Bonchev–Trinajstić information content (AvgIpc) is 2.99. The quantitative estimate of drug-likeness (QED) is 0.829. The zero-order valence-electron chi connectivity index (χ0n) is 14.2. The van der Waals surface area contributed by atoms with E-state index in [0.29, 0.717) is 31.3 Å². The van der Waals surface area contributed by atoms with Crippen molar-refractivity contribution in [1.29, 1.82) is 0 Å². The maximum Gasteiger partial charge on any atom is 0.241 e. The van der Waals surface area contributed by atoms with E-state index in [4.69, 9.17) is 4.52 Å². The van der Waals surface area contributed by atoms with E-state index in [2.05, 4.69) is 22.0 Å². The van der Waals surface area contributed by atoms with Gasteiger partial charge in [0, 0.05) is 18.3 Å². The highest BCUT2D eigenvalue weighted by atomic mass is 32.2. The molecule has 2 aromatic rings. The molecule has 0 aliphatic carbocycles. The summed E-state index contributed by atoms with van der Waals surface area (Å²) in [6, 6.07) is 8.29. The molecule has 0 bridgehead atoms. The minimum Gasteiger partial charge on any atom is -0.338 e. The van der Waals surface area contributed by atoms with Gasteiger partial charge in [0.25, 0.3) is 0 Å². The Balaban J connectivity index is 1.66. The zero-order chi connectivity index (χ0) is 17.1. The van der Waals surface area contributed by atoms with Crippen LogP contribution in [0.3, 0.4) is 0 Å². The Kier molecular flexibility index (Phi) is 5.20. The van der Waals surface area contributed by atoms with Gasteiger partial charge in [-0.1, -0.05) is 22.9 Å². The van der Waals surface area contributed by atoms with E-state index in [1.165, 1.54) is 5.56 Å². The Bertz CT molecular complexity index is 701. The summed E-state index contributed by atoms with van der Waals surface area (Å²) in [6.07, 6.45) is 2.00. The van der Waals surface area contributed by atoms with Gasteiger partial charge in [-0.3, -0.25) is 9.69 Å². The first kappa shape index (κ1) is 17.0. The van der Waals surface area contributed by atoms with E-state index >= 15 is 0 Å². The van der Waals surface area contributed by atoms with Crippen LogP contribution in [-0.4, -0.2) is 46.3 Å². The SMILES string of the molecule is CSCc1noc(CN2CC(=O)N(c3ccc(C)cc3)C[C@H]2C)n1. The number of carbonyl (C=O) groups is 1. The number of thioether (sulfide) groups is 1. The fourth-order valence-corrected chi connectivity index (χ4v) is 3.17. The van der Waals surface area contributed by atoms with E-state index < -0.39 is 0 Å². The molecule has 0 spiro atoms. The highest BCUT2D eigenvalue weighted by molar-refractivity contribution is 7.97. The zero-order valence-corrected chi connectivity index (χ0v) is 15.0. The molecule has 1 amide bonds. The van der Waals surface area contributed by atoms with E-state index in [1.54, 1.807) is 11.8 Å². The summed E-state index contributed by atoms with van der Waals surface area (Å²) in [5.74, 6) is 2.11. The summed E-state index contributed by atoms with van der Waals surface area (Å²) in [5, 5.41) is 3.96. The smallest absolute Gasteiger partial charge is 0.241 e. The van der Waals surface area contributed by atoms with Crippen molar-refractivity contribution in [3.63, 3.8) is 0 Å². The lowest BCUT2D eigenvalue weighted by Gasteiger charge is -2.38. The van der Waals surface area contributed by atoms with Crippen molar-refractivity contribution in [3.05, 3.63) is 41.5 Å². The van der Waals surface area contributed by atoms with Gasteiger partial charge in [-0.15, -0.1) is 0 Å². The second kappa shape index (κ2) is 7.36. The number of nitrogens with zero attached hydrogens (tertiary/aromatic N) is 4. The lowest BCUT2D eigenvalue weighted by atomic mass is 10.1. The molecule has 1 aliphatic rings. The summed E-state index contributed by atoms with van der Waals surface area (Å²) in [7, 11) is 0. The minimum atomic E-state index is 0.0980. The normalized spacial score (nSPS) is 19.0. The number of hydrogen-bond acceptors (Lipinski definition) is 6. The minimum absolute atomic E-state index is 0.0980. The van der Waals surface area contributed by atoms with E-state index in [9.17, 15) is 4.79 Å². The summed E-state index contributed by atoms with van der Waals surface area (Å²) in [4.78, 5) is 20.9. The monoisotopic (exact) mass is 346 g/mol. The molecule has 1 fully saturated rings. The van der Waals surface area contributed by atoms with Gasteiger partial charge in [0.1, 0.15) is 0 Å². The molecule has 1 atom stereocenters. The predicted molar refractivity (Wildman–Crippen MR) is 94.9 cm³/mol. The molecule has 2 heterocycles. The number of amides is 1. The highest BCUT2D eigenvalue weighted by Crippen LogP contribution is 2.21. The predicted octanol–water partition coefficient (Wildman–Crippen LogP) is 2.48. The van der Waals surface area contributed by atoms with Crippen LogP contribution in [0.4, 0.5) is 5.69 Å². The molecule has 0 radical (unpaired) electrons. The number of carbonyl (C=O) groups excluding carboxylic acids is 1. The topological polar surface area (TPSA) is 62.5 Å². The third-order valence-corrected chi connectivity index (χ3v) is 4.72. The van der Waals surface area contributed by atoms with Crippen molar-refractivity contribution in [3.8, 4) is 0 Å². The second-order valence-corrected chi connectivity index (χ2v) is 7.00. The molecule has 128 valence electrons. The molecule has 1 aromatic carbocycles. The van der Waals surface area contributed by atoms with Crippen LogP contribution in [0.5, 0.6) is 0 Å². The fraction of sp³-hybridized carbons (Fsp3) is 0.471. The Morgan fingerprint density at radius 2 is 2.08 bits per heavy atom. The van der Waals surface area contributed by atoms with Gasteiger partial charge in [-0.05, 0) is 32.2 Å². The molecular formula is C17H22N4O2S. The van der Waals surface area contributed by atoms with Gasteiger partial charge in [-0.25, -0.2) is 0 Å². The first-order valence-corrected chi connectivity index (χ1v) is 9.37. The number of rotatable bonds is 5. The van der Waals surface area contributed by atoms with Crippen LogP contribution in [-0.2, 0) is 17.1 Å². The van der Waals surface area contributed by atoms with Crippen LogP contribution >= 0.6 is 11.8 Å². The number of benzene rings is 1. The van der Waals surface area contributed by atoms with Gasteiger partial charge in [0.05, 0.1) is 18.8 Å². The lowest BCUT2D eigenvalue weighted by molar-refractivity contribution is -0.122. The first-order chi connectivity index (χ1) is 11.6. The first-order valence-electron chi connectivity index (χ1n) is 7.98.